The number of carbonyl (C=O) groups is 2. The topological polar surface area (TPSA) is 55.4 Å². The fourth-order valence-electron chi connectivity index (χ4n) is 1.42. The Morgan fingerprint density at radius 1 is 1.29 bits per heavy atom. The van der Waals surface area contributed by atoms with E-state index in [4.69, 9.17) is 0 Å². The standard InChI is InChI=1S/C13H15NO3/c1-9-6-4-5-7-11(9)12(14-10(2)15)8-13(16)17-3/h4-8H,1-3H3,(H,14,15)/b12-8+. The second-order valence-corrected chi connectivity index (χ2v) is 3.58. The van der Waals surface area contributed by atoms with Crippen LogP contribution in [0.5, 0.6) is 0 Å². The monoisotopic (exact) mass is 233 g/mol. The molecule has 4 nitrogen and oxygen atoms in total. The summed E-state index contributed by atoms with van der Waals surface area (Å²) in [5.41, 5.74) is 2.21. The largest absolute Gasteiger partial charge is 0.466 e. The highest BCUT2D eigenvalue weighted by atomic mass is 16.5. The van der Waals surface area contributed by atoms with Crippen molar-refractivity contribution in [3.05, 3.63) is 41.5 Å². The molecular formula is C13H15NO3. The van der Waals surface area contributed by atoms with Crippen LogP contribution >= 0.6 is 0 Å². The Balaban J connectivity index is 3.15. The summed E-state index contributed by atoms with van der Waals surface area (Å²) in [5.74, 6) is -0.736. The lowest BCUT2D eigenvalue weighted by Crippen LogP contribution is -2.19. The average molecular weight is 233 g/mol. The molecule has 0 heterocycles. The molecular weight excluding hydrogens is 218 g/mol. The predicted octanol–water partition coefficient (Wildman–Crippen LogP) is 1.65. The lowest BCUT2D eigenvalue weighted by atomic mass is 10.1. The van der Waals surface area contributed by atoms with Crippen LogP contribution in [0.2, 0.25) is 0 Å². The van der Waals surface area contributed by atoms with Gasteiger partial charge in [0.05, 0.1) is 12.8 Å². The van der Waals surface area contributed by atoms with Gasteiger partial charge in [0.2, 0.25) is 5.91 Å². The molecule has 4 heteroatoms. The number of hydrogen-bond acceptors (Lipinski definition) is 3. The molecule has 0 atom stereocenters. The van der Waals surface area contributed by atoms with Crippen molar-refractivity contribution >= 4 is 17.6 Å². The summed E-state index contributed by atoms with van der Waals surface area (Å²) < 4.78 is 4.56. The van der Waals surface area contributed by atoms with Crippen LogP contribution in [-0.4, -0.2) is 19.0 Å². The molecule has 1 aromatic carbocycles. The van der Waals surface area contributed by atoms with Gasteiger partial charge in [-0.05, 0) is 12.5 Å². The molecule has 0 aromatic heterocycles. The summed E-state index contributed by atoms with van der Waals surface area (Å²) in [6, 6.07) is 7.47. The van der Waals surface area contributed by atoms with Gasteiger partial charge in [-0.3, -0.25) is 4.79 Å². The fraction of sp³-hybridized carbons (Fsp3) is 0.231. The van der Waals surface area contributed by atoms with E-state index < -0.39 is 5.97 Å². The zero-order valence-electron chi connectivity index (χ0n) is 10.1. The number of nitrogens with one attached hydrogen (secondary N) is 1. The summed E-state index contributed by atoms with van der Waals surface area (Å²) in [5, 5.41) is 2.62. The van der Waals surface area contributed by atoms with Gasteiger partial charge >= 0.3 is 5.97 Å². The molecule has 1 N–H and O–H groups in total. The van der Waals surface area contributed by atoms with Gasteiger partial charge in [0.1, 0.15) is 0 Å². The highest BCUT2D eigenvalue weighted by molar-refractivity contribution is 5.95. The molecule has 0 saturated carbocycles. The first kappa shape index (κ1) is 13.0. The average Bonchev–Trinajstić information content (AvgIpc) is 2.28. The minimum Gasteiger partial charge on any atom is -0.466 e. The van der Waals surface area contributed by atoms with Crippen molar-refractivity contribution in [2.75, 3.05) is 7.11 Å². The third-order valence-electron chi connectivity index (χ3n) is 2.21. The van der Waals surface area contributed by atoms with Crippen LogP contribution < -0.4 is 5.32 Å². The van der Waals surface area contributed by atoms with Gasteiger partial charge in [-0.25, -0.2) is 4.79 Å². The number of benzene rings is 1. The summed E-state index contributed by atoms with van der Waals surface area (Å²) in [7, 11) is 1.29. The number of rotatable bonds is 3. The molecule has 0 spiro atoms. The fourth-order valence-corrected chi connectivity index (χ4v) is 1.42. The maximum atomic E-state index is 11.2. The molecule has 1 amide bonds. The van der Waals surface area contributed by atoms with Gasteiger partial charge in [-0.1, -0.05) is 24.3 Å². The van der Waals surface area contributed by atoms with E-state index in [1.165, 1.54) is 20.1 Å². The SMILES string of the molecule is COC(=O)/C=C(/NC(C)=O)c1ccccc1C. The van der Waals surface area contributed by atoms with Gasteiger partial charge in [0.15, 0.2) is 0 Å². The molecule has 0 unspecified atom stereocenters. The predicted molar refractivity (Wildman–Crippen MR) is 65.0 cm³/mol. The van der Waals surface area contributed by atoms with Crippen LogP contribution in [0.25, 0.3) is 5.70 Å². The Hall–Kier alpha value is -2.10. The molecule has 90 valence electrons. The van der Waals surface area contributed by atoms with Crippen molar-refractivity contribution in [1.29, 1.82) is 0 Å². The normalized spacial score (nSPS) is 10.9. The Kier molecular flexibility index (Phi) is 4.46. The van der Waals surface area contributed by atoms with Crippen molar-refractivity contribution in [2.24, 2.45) is 0 Å². The van der Waals surface area contributed by atoms with Crippen LogP contribution in [0.3, 0.4) is 0 Å². The molecule has 0 aliphatic carbocycles. The second kappa shape index (κ2) is 5.84. The van der Waals surface area contributed by atoms with E-state index in [1.807, 2.05) is 31.2 Å². The molecule has 1 aromatic rings. The van der Waals surface area contributed by atoms with Gasteiger partial charge < -0.3 is 10.1 Å². The van der Waals surface area contributed by atoms with E-state index in [2.05, 4.69) is 10.1 Å². The highest BCUT2D eigenvalue weighted by Gasteiger charge is 2.08. The quantitative estimate of drug-likeness (QED) is 0.638. The first-order valence-corrected chi connectivity index (χ1v) is 5.18. The third-order valence-corrected chi connectivity index (χ3v) is 2.21. The number of methoxy groups -OCH3 is 1. The summed E-state index contributed by atoms with van der Waals surface area (Å²) in [6.45, 7) is 3.30. The minimum absolute atomic E-state index is 0.233. The number of hydrogen-bond donors (Lipinski definition) is 1. The van der Waals surface area contributed by atoms with E-state index in [0.717, 1.165) is 11.1 Å². The van der Waals surface area contributed by atoms with Crippen molar-refractivity contribution in [1.82, 2.24) is 5.32 Å². The van der Waals surface area contributed by atoms with Crippen LogP contribution in [0.1, 0.15) is 18.1 Å². The Labute approximate surface area is 100 Å². The Bertz CT molecular complexity index is 463. The van der Waals surface area contributed by atoms with E-state index in [9.17, 15) is 9.59 Å². The summed E-state index contributed by atoms with van der Waals surface area (Å²) in [4.78, 5) is 22.3. The van der Waals surface area contributed by atoms with Crippen molar-refractivity contribution < 1.29 is 14.3 Å². The van der Waals surface area contributed by atoms with Gasteiger partial charge in [-0.15, -0.1) is 0 Å². The van der Waals surface area contributed by atoms with E-state index in [-0.39, 0.29) is 5.91 Å². The molecule has 0 fully saturated rings. The van der Waals surface area contributed by atoms with E-state index in [0.29, 0.717) is 5.70 Å². The lowest BCUT2D eigenvalue weighted by Gasteiger charge is -2.10. The Morgan fingerprint density at radius 3 is 2.47 bits per heavy atom. The first-order chi connectivity index (χ1) is 8.04. The number of amides is 1. The highest BCUT2D eigenvalue weighted by Crippen LogP contribution is 2.16. The van der Waals surface area contributed by atoms with Crippen molar-refractivity contribution in [2.45, 2.75) is 13.8 Å². The van der Waals surface area contributed by atoms with Crippen LogP contribution in [0.4, 0.5) is 0 Å². The zero-order valence-corrected chi connectivity index (χ0v) is 10.1. The number of carbonyl (C=O) groups excluding carboxylic acids is 2. The minimum atomic E-state index is -0.503. The zero-order chi connectivity index (χ0) is 12.8. The smallest absolute Gasteiger partial charge is 0.332 e. The number of esters is 1. The molecule has 1 rings (SSSR count). The first-order valence-electron chi connectivity index (χ1n) is 5.18. The molecule has 17 heavy (non-hydrogen) atoms. The van der Waals surface area contributed by atoms with E-state index in [1.54, 1.807) is 0 Å². The maximum absolute atomic E-state index is 11.2. The molecule has 0 aliphatic heterocycles. The lowest BCUT2D eigenvalue weighted by molar-refractivity contribution is -0.134. The molecule has 0 radical (unpaired) electrons. The number of ether oxygens (including phenoxy) is 1. The van der Waals surface area contributed by atoms with Gasteiger partial charge in [-0.2, -0.15) is 0 Å². The van der Waals surface area contributed by atoms with Crippen LogP contribution in [-0.2, 0) is 14.3 Å². The van der Waals surface area contributed by atoms with Crippen LogP contribution in [0, 0.1) is 6.92 Å². The maximum Gasteiger partial charge on any atom is 0.332 e. The van der Waals surface area contributed by atoms with E-state index >= 15 is 0 Å². The second-order valence-electron chi connectivity index (χ2n) is 3.58. The Morgan fingerprint density at radius 2 is 1.94 bits per heavy atom. The summed E-state index contributed by atoms with van der Waals surface area (Å²) >= 11 is 0. The van der Waals surface area contributed by atoms with Crippen molar-refractivity contribution in [3.63, 3.8) is 0 Å². The molecule has 0 bridgehead atoms. The molecule has 0 saturated heterocycles. The van der Waals surface area contributed by atoms with Gasteiger partial charge in [0.25, 0.3) is 0 Å². The number of aryl methyl sites for hydroxylation is 1. The van der Waals surface area contributed by atoms with Crippen LogP contribution in [0.15, 0.2) is 30.3 Å². The third kappa shape index (κ3) is 3.75. The van der Waals surface area contributed by atoms with Gasteiger partial charge in [0, 0.05) is 18.6 Å². The van der Waals surface area contributed by atoms with Crippen molar-refractivity contribution in [3.8, 4) is 0 Å². The summed E-state index contributed by atoms with van der Waals surface area (Å²) in [6.07, 6.45) is 1.27. The molecule has 0 aliphatic rings.